The maximum atomic E-state index is 9.73. The van der Waals surface area contributed by atoms with E-state index < -0.39 is 11.4 Å². The molecule has 0 aromatic carbocycles. The van der Waals surface area contributed by atoms with E-state index in [4.69, 9.17) is 16.2 Å². The summed E-state index contributed by atoms with van der Waals surface area (Å²) in [5.41, 5.74) is 0. The number of alkyl halides is 1. The van der Waals surface area contributed by atoms with Gasteiger partial charge in [0.1, 0.15) is 0 Å². The molecule has 2 atom stereocenters. The predicted molar refractivity (Wildman–Crippen MR) is 32.0 cm³/mol. The smallest absolute Gasteiger partial charge is 0.284 e. The second-order valence-corrected chi connectivity index (χ2v) is 2.70. The summed E-state index contributed by atoms with van der Waals surface area (Å²) >= 11 is 3.18. The van der Waals surface area contributed by atoms with E-state index in [0.29, 0.717) is 0 Å². The Balaban J connectivity index is 3.05. The van der Waals surface area contributed by atoms with Gasteiger partial charge >= 0.3 is 11.4 Å². The maximum absolute atomic E-state index is 9.73. The van der Waals surface area contributed by atoms with Gasteiger partial charge < -0.3 is 0 Å². The first-order chi connectivity index (χ1) is 3.63. The van der Waals surface area contributed by atoms with Crippen LogP contribution in [-0.4, -0.2) is 20.7 Å². The van der Waals surface area contributed by atoms with Crippen molar-refractivity contribution >= 4 is 23.0 Å². The zero-order valence-corrected chi connectivity index (χ0v) is 5.91. The van der Waals surface area contributed by atoms with Crippen LogP contribution in [0.5, 0.6) is 0 Å². The van der Waals surface area contributed by atoms with Crippen molar-refractivity contribution in [1.82, 2.24) is 0 Å². The lowest BCUT2D eigenvalue weighted by molar-refractivity contribution is 0.309. The molecule has 0 heterocycles. The fourth-order valence-electron chi connectivity index (χ4n) is 0.152. The molecule has 0 saturated carbocycles. The molecule has 2 unspecified atom stereocenters. The third-order valence-electron chi connectivity index (χ3n) is 0.399. The lowest BCUT2D eigenvalue weighted by Gasteiger charge is -1.97. The topological polar surface area (TPSA) is 46.5 Å². The Morgan fingerprint density at radius 2 is 2.50 bits per heavy atom. The number of halogens is 1. The lowest BCUT2D eigenvalue weighted by atomic mass is 10.5. The van der Waals surface area contributed by atoms with Gasteiger partial charge in [-0.1, -0.05) is 0 Å². The molecule has 50 valence electrons. The van der Waals surface area contributed by atoms with Crippen molar-refractivity contribution in [2.75, 3.05) is 6.61 Å². The molecule has 0 aromatic heterocycles. The van der Waals surface area contributed by atoms with E-state index in [1.165, 1.54) is 0 Å². The van der Waals surface area contributed by atoms with E-state index in [-0.39, 0.29) is 12.0 Å². The quantitative estimate of drug-likeness (QED) is 0.488. The normalized spacial score (nSPS) is 17.9. The van der Waals surface area contributed by atoms with Crippen molar-refractivity contribution < 1.29 is 12.9 Å². The summed E-state index contributed by atoms with van der Waals surface area (Å²) in [5.74, 6) is 0. The van der Waals surface area contributed by atoms with Crippen molar-refractivity contribution in [1.29, 1.82) is 0 Å². The highest BCUT2D eigenvalue weighted by Crippen LogP contribution is 1.93. The molecule has 0 saturated heterocycles. The van der Waals surface area contributed by atoms with Crippen molar-refractivity contribution in [2.24, 2.45) is 0 Å². The molecule has 0 spiro atoms. The van der Waals surface area contributed by atoms with E-state index >= 15 is 0 Å². The van der Waals surface area contributed by atoms with Crippen molar-refractivity contribution in [2.45, 2.75) is 12.3 Å². The molecule has 8 heavy (non-hydrogen) atoms. The van der Waals surface area contributed by atoms with Crippen LogP contribution in [0.4, 0.5) is 0 Å². The van der Waals surface area contributed by atoms with Crippen LogP contribution in [0.25, 0.3) is 0 Å². The van der Waals surface area contributed by atoms with Gasteiger partial charge in [0, 0.05) is 0 Å². The molecule has 3 nitrogen and oxygen atoms in total. The minimum Gasteiger partial charge on any atom is -0.284 e. The van der Waals surface area contributed by atoms with E-state index in [2.05, 4.69) is 4.18 Å². The number of rotatable bonds is 3. The van der Waals surface area contributed by atoms with Crippen LogP contribution in [0.3, 0.4) is 0 Å². The summed E-state index contributed by atoms with van der Waals surface area (Å²) in [6.45, 7) is 1.78. The summed E-state index contributed by atoms with van der Waals surface area (Å²) in [6.07, 6.45) is 0. The summed E-state index contributed by atoms with van der Waals surface area (Å²) in [5, 5.41) is -0.217. The number of hydrogen-bond donors (Lipinski definition) is 1. The Hall–Kier alpha value is 0.360. The molecule has 0 aliphatic heterocycles. The number of hydrogen-bond acceptors (Lipinski definition) is 2. The van der Waals surface area contributed by atoms with Crippen molar-refractivity contribution in [3.05, 3.63) is 0 Å². The molecule has 1 N–H and O–H groups in total. The third kappa shape index (κ3) is 6.36. The highest BCUT2D eigenvalue weighted by molar-refractivity contribution is 7.74. The van der Waals surface area contributed by atoms with Gasteiger partial charge in [-0.25, -0.2) is 0 Å². The molecule has 0 amide bonds. The molecule has 0 rings (SSSR count). The van der Waals surface area contributed by atoms with E-state index in [1.54, 1.807) is 6.92 Å². The molecule has 0 aliphatic carbocycles. The van der Waals surface area contributed by atoms with Gasteiger partial charge in [0.05, 0.1) is 12.0 Å². The summed E-state index contributed by atoms with van der Waals surface area (Å²) in [6, 6.07) is 0. The van der Waals surface area contributed by atoms with E-state index in [0.717, 1.165) is 0 Å². The van der Waals surface area contributed by atoms with Gasteiger partial charge in [-0.05, 0) is 6.92 Å². The zero-order chi connectivity index (χ0) is 6.57. The monoisotopic (exact) mass is 158 g/mol. The van der Waals surface area contributed by atoms with Gasteiger partial charge in [-0.3, -0.25) is 8.74 Å². The second kappa shape index (κ2) is 4.26. The molecule has 0 aromatic rings. The molecule has 0 aliphatic rings. The van der Waals surface area contributed by atoms with Gasteiger partial charge in [0.15, 0.2) is 0 Å². The molecule has 0 radical (unpaired) electrons. The van der Waals surface area contributed by atoms with Gasteiger partial charge in [0.25, 0.3) is 0 Å². The molecule has 0 bridgehead atoms. The van der Waals surface area contributed by atoms with Gasteiger partial charge in [0.2, 0.25) is 0 Å². The summed E-state index contributed by atoms with van der Waals surface area (Å²) in [7, 11) is 0. The standard InChI is InChI=1S/C3H7ClO3S/c1-3(4)2-7-8(5)6/h3H,2H2,1H3,(H,5,6). The first kappa shape index (κ1) is 8.36. The predicted octanol–water partition coefficient (Wildman–Crippen LogP) is 0.767. The molecule has 5 heteroatoms. The van der Waals surface area contributed by atoms with Crippen LogP contribution in [-0.2, 0) is 15.5 Å². The maximum Gasteiger partial charge on any atom is 0.301 e. The van der Waals surface area contributed by atoms with Crippen molar-refractivity contribution in [3.63, 3.8) is 0 Å². The zero-order valence-electron chi connectivity index (χ0n) is 4.33. The fraction of sp³-hybridized carbons (Fsp3) is 1.00. The third-order valence-corrected chi connectivity index (χ3v) is 0.862. The van der Waals surface area contributed by atoms with Crippen LogP contribution >= 0.6 is 11.6 Å². The Morgan fingerprint density at radius 3 is 2.62 bits per heavy atom. The molecular formula is C3H7ClO3S. The van der Waals surface area contributed by atoms with Crippen LogP contribution in [0.2, 0.25) is 0 Å². The highest BCUT2D eigenvalue weighted by atomic mass is 35.5. The van der Waals surface area contributed by atoms with Gasteiger partial charge in [-0.15, -0.1) is 11.6 Å². The van der Waals surface area contributed by atoms with Crippen LogP contribution in [0, 0.1) is 0 Å². The Labute approximate surface area is 55.5 Å². The first-order valence-corrected chi connectivity index (χ1v) is 3.48. The average Bonchev–Trinajstić information content (AvgIpc) is 1.61. The average molecular weight is 159 g/mol. The van der Waals surface area contributed by atoms with Crippen molar-refractivity contribution in [3.8, 4) is 0 Å². The van der Waals surface area contributed by atoms with Crippen LogP contribution < -0.4 is 0 Å². The molecule has 0 fully saturated rings. The first-order valence-electron chi connectivity index (χ1n) is 2.01. The SMILES string of the molecule is CC(Cl)COS(=O)O. The minimum atomic E-state index is -2.17. The minimum absolute atomic E-state index is 0.102. The summed E-state index contributed by atoms with van der Waals surface area (Å²) in [4.78, 5) is 0. The van der Waals surface area contributed by atoms with E-state index in [9.17, 15) is 4.21 Å². The Morgan fingerprint density at radius 1 is 2.00 bits per heavy atom. The Bertz CT molecular complexity index is 84.6. The summed E-state index contributed by atoms with van der Waals surface area (Å²) < 4.78 is 21.9. The fourth-order valence-corrected chi connectivity index (χ4v) is 0.610. The second-order valence-electron chi connectivity index (χ2n) is 1.28. The Kier molecular flexibility index (Phi) is 4.45. The van der Waals surface area contributed by atoms with Crippen LogP contribution in [0.15, 0.2) is 0 Å². The highest BCUT2D eigenvalue weighted by Gasteiger charge is 1.97. The van der Waals surface area contributed by atoms with Crippen LogP contribution in [0.1, 0.15) is 6.92 Å². The van der Waals surface area contributed by atoms with Gasteiger partial charge in [-0.2, -0.15) is 4.21 Å². The largest absolute Gasteiger partial charge is 0.301 e. The lowest BCUT2D eigenvalue weighted by Crippen LogP contribution is -2.05. The molecular weight excluding hydrogens is 152 g/mol. The van der Waals surface area contributed by atoms with E-state index in [1.807, 2.05) is 0 Å².